The van der Waals surface area contributed by atoms with E-state index in [-0.39, 0.29) is 10.9 Å². The van der Waals surface area contributed by atoms with E-state index in [4.69, 9.17) is 10.9 Å². The van der Waals surface area contributed by atoms with Gasteiger partial charge in [-0.1, -0.05) is 6.07 Å². The van der Waals surface area contributed by atoms with Gasteiger partial charge in [0.05, 0.1) is 11.4 Å². The van der Waals surface area contributed by atoms with Gasteiger partial charge in [0.1, 0.15) is 0 Å². The number of thiophene rings is 1. The van der Waals surface area contributed by atoms with Crippen LogP contribution in [0.4, 0.5) is 11.4 Å². The second-order valence-corrected chi connectivity index (χ2v) is 7.70. The summed E-state index contributed by atoms with van der Waals surface area (Å²) in [5.41, 5.74) is 6.96. The number of nitrogen functional groups attached to an aromatic ring is 1. The quantitative estimate of drug-likeness (QED) is 0.826. The van der Waals surface area contributed by atoms with Crippen molar-refractivity contribution in [2.24, 2.45) is 5.14 Å². The molecule has 0 saturated carbocycles. The van der Waals surface area contributed by atoms with Crippen molar-refractivity contribution in [2.75, 3.05) is 10.6 Å². The molecule has 5 nitrogen and oxygen atoms in total. The van der Waals surface area contributed by atoms with Crippen molar-refractivity contribution >= 4 is 32.7 Å². The van der Waals surface area contributed by atoms with Crippen molar-refractivity contribution in [3.63, 3.8) is 0 Å². The van der Waals surface area contributed by atoms with Gasteiger partial charge in [0.2, 0.25) is 10.0 Å². The van der Waals surface area contributed by atoms with Crippen LogP contribution < -0.4 is 15.8 Å². The second kappa shape index (κ2) is 6.05. The molecule has 7 heteroatoms. The predicted molar refractivity (Wildman–Crippen MR) is 87.9 cm³/mol. The fourth-order valence-corrected chi connectivity index (χ4v) is 3.37. The maximum Gasteiger partial charge on any atom is 0.238 e. The van der Waals surface area contributed by atoms with Crippen LogP contribution in [-0.4, -0.2) is 14.5 Å². The SMILES string of the molecule is CC(C)N(Cc1cccs1)c1cc(N)cc(S(N)(=O)=O)c1. The Bertz CT molecular complexity index is 710. The van der Waals surface area contributed by atoms with Crippen molar-refractivity contribution in [3.05, 3.63) is 40.6 Å². The molecule has 0 aliphatic heterocycles. The van der Waals surface area contributed by atoms with Gasteiger partial charge in [-0.05, 0) is 43.5 Å². The molecule has 0 spiro atoms. The van der Waals surface area contributed by atoms with Crippen molar-refractivity contribution < 1.29 is 8.42 Å². The number of nitrogens with two attached hydrogens (primary N) is 2. The largest absolute Gasteiger partial charge is 0.399 e. The molecule has 0 aliphatic rings. The Labute approximate surface area is 129 Å². The number of hydrogen-bond acceptors (Lipinski definition) is 5. The van der Waals surface area contributed by atoms with Crippen LogP contribution in [0.15, 0.2) is 40.6 Å². The first-order chi connectivity index (χ1) is 9.77. The highest BCUT2D eigenvalue weighted by atomic mass is 32.2. The fraction of sp³-hybridized carbons (Fsp3) is 0.286. The number of primary sulfonamides is 1. The Balaban J connectivity index is 2.43. The molecule has 4 N–H and O–H groups in total. The summed E-state index contributed by atoms with van der Waals surface area (Å²) in [6.45, 7) is 4.80. The van der Waals surface area contributed by atoms with Gasteiger partial charge in [0.15, 0.2) is 0 Å². The first-order valence-corrected chi connectivity index (χ1v) is 8.92. The van der Waals surface area contributed by atoms with Gasteiger partial charge >= 0.3 is 0 Å². The Morgan fingerprint density at radius 1 is 1.29 bits per heavy atom. The van der Waals surface area contributed by atoms with Crippen LogP contribution >= 0.6 is 11.3 Å². The molecule has 2 rings (SSSR count). The van der Waals surface area contributed by atoms with E-state index in [1.54, 1.807) is 23.5 Å². The Hall–Kier alpha value is -1.57. The van der Waals surface area contributed by atoms with Crippen molar-refractivity contribution in [3.8, 4) is 0 Å². The van der Waals surface area contributed by atoms with Crippen LogP contribution in [0.5, 0.6) is 0 Å². The lowest BCUT2D eigenvalue weighted by Crippen LogP contribution is -2.30. The number of benzene rings is 1. The normalized spacial score (nSPS) is 11.8. The van der Waals surface area contributed by atoms with Gasteiger partial charge in [-0.25, -0.2) is 13.6 Å². The zero-order valence-corrected chi connectivity index (χ0v) is 13.6. The molecule has 114 valence electrons. The van der Waals surface area contributed by atoms with Crippen molar-refractivity contribution in [1.29, 1.82) is 0 Å². The average molecular weight is 325 g/mol. The summed E-state index contributed by atoms with van der Waals surface area (Å²) in [5.74, 6) is 0. The molecule has 0 amide bonds. The van der Waals surface area contributed by atoms with E-state index in [0.717, 1.165) is 5.69 Å². The Kier molecular flexibility index (Phi) is 4.55. The highest BCUT2D eigenvalue weighted by molar-refractivity contribution is 7.89. The molecule has 0 fully saturated rings. The number of hydrogen-bond donors (Lipinski definition) is 2. The molecule has 0 saturated heterocycles. The first kappa shape index (κ1) is 15.8. The average Bonchev–Trinajstić information content (AvgIpc) is 2.86. The molecule has 2 aromatic rings. The van der Waals surface area contributed by atoms with Crippen molar-refractivity contribution in [2.45, 2.75) is 31.3 Å². The van der Waals surface area contributed by atoms with E-state index >= 15 is 0 Å². The summed E-state index contributed by atoms with van der Waals surface area (Å²) in [6.07, 6.45) is 0. The molecule has 0 atom stereocenters. The van der Waals surface area contributed by atoms with E-state index < -0.39 is 10.0 Å². The zero-order chi connectivity index (χ0) is 15.6. The highest BCUT2D eigenvalue weighted by Gasteiger charge is 2.16. The monoisotopic (exact) mass is 325 g/mol. The van der Waals surface area contributed by atoms with Crippen LogP contribution in [0.25, 0.3) is 0 Å². The molecule has 1 aromatic heterocycles. The van der Waals surface area contributed by atoms with Gasteiger partial charge < -0.3 is 10.6 Å². The third-order valence-electron chi connectivity index (χ3n) is 3.10. The zero-order valence-electron chi connectivity index (χ0n) is 12.0. The third kappa shape index (κ3) is 3.96. The van der Waals surface area contributed by atoms with Crippen LogP contribution in [0.1, 0.15) is 18.7 Å². The lowest BCUT2D eigenvalue weighted by atomic mass is 10.2. The molecule has 0 aliphatic carbocycles. The smallest absolute Gasteiger partial charge is 0.238 e. The van der Waals surface area contributed by atoms with Gasteiger partial charge in [0, 0.05) is 22.3 Å². The fourth-order valence-electron chi connectivity index (χ4n) is 2.08. The minimum atomic E-state index is -3.77. The van der Waals surface area contributed by atoms with E-state index in [2.05, 4.69) is 4.90 Å². The van der Waals surface area contributed by atoms with Crippen LogP contribution in [0.2, 0.25) is 0 Å². The Morgan fingerprint density at radius 2 is 2.00 bits per heavy atom. The summed E-state index contributed by atoms with van der Waals surface area (Å²) in [4.78, 5) is 3.33. The van der Waals surface area contributed by atoms with Crippen LogP contribution in [-0.2, 0) is 16.6 Å². The number of rotatable bonds is 5. The van der Waals surface area contributed by atoms with E-state index in [1.807, 2.05) is 31.4 Å². The minimum absolute atomic E-state index is 0.0364. The molecule has 0 radical (unpaired) electrons. The van der Waals surface area contributed by atoms with Crippen LogP contribution in [0.3, 0.4) is 0 Å². The van der Waals surface area contributed by atoms with Gasteiger partial charge in [-0.3, -0.25) is 0 Å². The van der Waals surface area contributed by atoms with Gasteiger partial charge in [0.25, 0.3) is 0 Å². The number of anilines is 2. The maximum atomic E-state index is 11.6. The summed E-state index contributed by atoms with van der Waals surface area (Å²) in [6, 6.07) is 8.95. The maximum absolute atomic E-state index is 11.6. The van der Waals surface area contributed by atoms with E-state index in [0.29, 0.717) is 12.2 Å². The van der Waals surface area contributed by atoms with E-state index in [1.165, 1.54) is 10.9 Å². The summed E-state index contributed by atoms with van der Waals surface area (Å²) in [5, 5.41) is 7.22. The Morgan fingerprint density at radius 3 is 2.52 bits per heavy atom. The molecule has 0 unspecified atom stereocenters. The van der Waals surface area contributed by atoms with Gasteiger partial charge in [-0.2, -0.15) is 0 Å². The van der Waals surface area contributed by atoms with Crippen LogP contribution in [0, 0.1) is 0 Å². The summed E-state index contributed by atoms with van der Waals surface area (Å²) in [7, 11) is -3.77. The third-order valence-corrected chi connectivity index (χ3v) is 4.86. The molecular formula is C14H19N3O2S2. The topological polar surface area (TPSA) is 89.4 Å². The second-order valence-electron chi connectivity index (χ2n) is 5.11. The van der Waals surface area contributed by atoms with E-state index in [9.17, 15) is 8.42 Å². The molecule has 21 heavy (non-hydrogen) atoms. The standard InChI is InChI=1S/C14H19N3O2S2/c1-10(2)17(9-13-4-3-5-20-13)12-6-11(15)7-14(8-12)21(16,18)19/h3-8,10H,9,15H2,1-2H3,(H2,16,18,19). The lowest BCUT2D eigenvalue weighted by Gasteiger charge is -2.29. The highest BCUT2D eigenvalue weighted by Crippen LogP contribution is 2.27. The molecule has 1 aromatic carbocycles. The predicted octanol–water partition coefficient (Wildman–Crippen LogP) is 2.39. The molecule has 0 bridgehead atoms. The summed E-state index contributed by atoms with van der Waals surface area (Å²) >= 11 is 1.66. The summed E-state index contributed by atoms with van der Waals surface area (Å²) < 4.78 is 23.1. The van der Waals surface area contributed by atoms with Crippen molar-refractivity contribution in [1.82, 2.24) is 0 Å². The first-order valence-electron chi connectivity index (χ1n) is 6.50. The molecular weight excluding hydrogens is 306 g/mol. The molecule has 1 heterocycles. The lowest BCUT2D eigenvalue weighted by molar-refractivity contribution is 0.597. The van der Waals surface area contributed by atoms with Gasteiger partial charge in [-0.15, -0.1) is 11.3 Å². The number of nitrogens with zero attached hydrogens (tertiary/aromatic N) is 1. The number of sulfonamides is 1. The minimum Gasteiger partial charge on any atom is -0.399 e.